The second-order valence-electron chi connectivity index (χ2n) is 7.28. The summed E-state index contributed by atoms with van der Waals surface area (Å²) in [7, 11) is 3.76. The number of nitro groups is 1. The highest BCUT2D eigenvalue weighted by atomic mass is 32.2. The Balaban J connectivity index is 1.81. The van der Waals surface area contributed by atoms with Crippen LogP contribution in [0.1, 0.15) is 5.56 Å². The number of amides is 2. The first-order chi connectivity index (χ1) is 15.4. The molecule has 1 aliphatic rings. The Hall–Kier alpha value is -3.91. The molecule has 160 valence electrons. The normalized spacial score (nSPS) is 13.6. The average molecular weight is 446 g/mol. The van der Waals surface area contributed by atoms with E-state index in [1.807, 2.05) is 55.4 Å². The van der Waals surface area contributed by atoms with Crippen molar-refractivity contribution in [3.8, 4) is 0 Å². The van der Waals surface area contributed by atoms with Gasteiger partial charge in [-0.2, -0.15) is 0 Å². The summed E-state index contributed by atoms with van der Waals surface area (Å²) in [6, 6.07) is 22.1. The lowest BCUT2D eigenvalue weighted by molar-refractivity contribution is -0.384. The Labute approximate surface area is 189 Å². The molecule has 8 heteroatoms. The van der Waals surface area contributed by atoms with Crippen molar-refractivity contribution in [1.82, 2.24) is 0 Å². The molecule has 1 heterocycles. The zero-order chi connectivity index (χ0) is 22.8. The fraction of sp³-hybridized carbons (Fsp3) is 0.0833. The van der Waals surface area contributed by atoms with Gasteiger partial charge in [-0.15, -0.1) is 0 Å². The molecule has 0 aliphatic carbocycles. The van der Waals surface area contributed by atoms with Gasteiger partial charge in [0.2, 0.25) is 0 Å². The summed E-state index contributed by atoms with van der Waals surface area (Å²) in [5.74, 6) is -0.883. The van der Waals surface area contributed by atoms with Gasteiger partial charge in [0.25, 0.3) is 17.5 Å². The van der Waals surface area contributed by atoms with Crippen LogP contribution in [0.15, 0.2) is 88.7 Å². The molecule has 0 bridgehead atoms. The van der Waals surface area contributed by atoms with Crippen LogP contribution in [0, 0.1) is 10.1 Å². The summed E-state index contributed by atoms with van der Waals surface area (Å²) in [6.45, 7) is 0. The second-order valence-corrected chi connectivity index (χ2v) is 8.37. The minimum Gasteiger partial charge on any atom is -0.378 e. The third-order valence-electron chi connectivity index (χ3n) is 4.98. The van der Waals surface area contributed by atoms with Crippen molar-refractivity contribution in [1.29, 1.82) is 0 Å². The Kier molecular flexibility index (Phi) is 5.79. The molecule has 3 aromatic rings. The molecule has 2 amide bonds. The minimum absolute atomic E-state index is 0.0843. The van der Waals surface area contributed by atoms with E-state index in [1.165, 1.54) is 36.0 Å². The first kappa shape index (κ1) is 21.3. The predicted octanol–water partition coefficient (Wildman–Crippen LogP) is 4.74. The monoisotopic (exact) mass is 445 g/mol. The number of hydrogen-bond donors (Lipinski definition) is 0. The molecular weight excluding hydrogens is 426 g/mol. The van der Waals surface area contributed by atoms with E-state index in [1.54, 1.807) is 18.2 Å². The summed E-state index contributed by atoms with van der Waals surface area (Å²) < 4.78 is 0. The van der Waals surface area contributed by atoms with Crippen LogP contribution in [-0.4, -0.2) is 30.8 Å². The number of thioether (sulfide) groups is 1. The van der Waals surface area contributed by atoms with E-state index in [-0.39, 0.29) is 16.2 Å². The van der Waals surface area contributed by atoms with E-state index in [0.717, 1.165) is 15.5 Å². The van der Waals surface area contributed by atoms with Crippen LogP contribution in [0.4, 0.5) is 17.1 Å². The number of hydrogen-bond acceptors (Lipinski definition) is 6. The van der Waals surface area contributed by atoms with Gasteiger partial charge < -0.3 is 4.90 Å². The molecule has 4 rings (SSSR count). The minimum atomic E-state index is -0.502. The van der Waals surface area contributed by atoms with Crippen molar-refractivity contribution >= 4 is 46.2 Å². The number of imide groups is 1. The van der Waals surface area contributed by atoms with Crippen molar-refractivity contribution in [2.75, 3.05) is 23.9 Å². The van der Waals surface area contributed by atoms with Gasteiger partial charge in [-0.05, 0) is 48.0 Å². The number of non-ortho nitro benzene ring substituents is 1. The maximum absolute atomic E-state index is 13.5. The highest BCUT2D eigenvalue weighted by Gasteiger charge is 2.40. The fourth-order valence-electron chi connectivity index (χ4n) is 3.36. The lowest BCUT2D eigenvalue weighted by atomic mass is 10.1. The largest absolute Gasteiger partial charge is 0.378 e. The van der Waals surface area contributed by atoms with Crippen molar-refractivity contribution in [2.45, 2.75) is 4.90 Å². The Bertz CT molecular complexity index is 1240. The van der Waals surface area contributed by atoms with Crippen molar-refractivity contribution in [3.63, 3.8) is 0 Å². The van der Waals surface area contributed by atoms with E-state index in [0.29, 0.717) is 11.3 Å². The van der Waals surface area contributed by atoms with Gasteiger partial charge in [0.1, 0.15) is 0 Å². The molecule has 0 saturated heterocycles. The lowest BCUT2D eigenvalue weighted by Crippen LogP contribution is -2.31. The van der Waals surface area contributed by atoms with Crippen LogP contribution in [0.5, 0.6) is 0 Å². The maximum Gasteiger partial charge on any atom is 0.272 e. The van der Waals surface area contributed by atoms with Crippen LogP contribution in [-0.2, 0) is 9.59 Å². The Morgan fingerprint density at radius 1 is 0.875 bits per heavy atom. The molecule has 0 radical (unpaired) electrons. The van der Waals surface area contributed by atoms with Gasteiger partial charge in [0, 0.05) is 36.8 Å². The van der Waals surface area contributed by atoms with Crippen molar-refractivity contribution < 1.29 is 14.5 Å². The first-order valence-corrected chi connectivity index (χ1v) is 10.6. The quantitative estimate of drug-likeness (QED) is 0.310. The Morgan fingerprint density at radius 2 is 1.56 bits per heavy atom. The highest BCUT2D eigenvalue weighted by molar-refractivity contribution is 8.04. The topological polar surface area (TPSA) is 83.8 Å². The number of carbonyl (C=O) groups is 2. The number of nitro benzene ring substituents is 1. The van der Waals surface area contributed by atoms with Gasteiger partial charge in [-0.25, -0.2) is 4.90 Å². The van der Waals surface area contributed by atoms with Crippen molar-refractivity contribution in [2.24, 2.45) is 0 Å². The predicted molar refractivity (Wildman–Crippen MR) is 126 cm³/mol. The Morgan fingerprint density at radius 3 is 2.19 bits per heavy atom. The molecule has 32 heavy (non-hydrogen) atoms. The van der Waals surface area contributed by atoms with Gasteiger partial charge >= 0.3 is 0 Å². The summed E-state index contributed by atoms with van der Waals surface area (Å²) in [5, 5.41) is 11.0. The highest BCUT2D eigenvalue weighted by Crippen LogP contribution is 2.42. The molecule has 0 unspecified atom stereocenters. The standard InChI is InChI=1S/C24H19N3O4S/c1-25(2)18-7-6-8-19(15-18)26-23(28)21(16-11-13-17(14-12-16)27(30)31)22(24(26)29)32-20-9-4-3-5-10-20/h3-15H,1-2H3. The summed E-state index contributed by atoms with van der Waals surface area (Å²) >= 11 is 1.21. The summed E-state index contributed by atoms with van der Waals surface area (Å²) in [6.07, 6.45) is 0. The smallest absolute Gasteiger partial charge is 0.272 e. The number of rotatable bonds is 6. The van der Waals surface area contributed by atoms with Gasteiger partial charge in [0.05, 0.1) is 21.1 Å². The average Bonchev–Trinajstić information content (AvgIpc) is 3.04. The maximum atomic E-state index is 13.5. The van der Waals surface area contributed by atoms with Crippen LogP contribution in [0.2, 0.25) is 0 Å². The molecule has 0 fully saturated rings. The van der Waals surface area contributed by atoms with E-state index in [2.05, 4.69) is 0 Å². The number of carbonyl (C=O) groups excluding carboxylic acids is 2. The number of nitrogens with zero attached hydrogens (tertiary/aromatic N) is 3. The number of benzene rings is 3. The SMILES string of the molecule is CN(C)c1cccc(N2C(=O)C(Sc3ccccc3)=C(c3ccc([N+](=O)[O-])cc3)C2=O)c1. The molecular formula is C24H19N3O4S. The first-order valence-electron chi connectivity index (χ1n) is 9.75. The summed E-state index contributed by atoms with van der Waals surface area (Å²) in [5.41, 5.74) is 1.92. The molecule has 1 aliphatic heterocycles. The second kappa shape index (κ2) is 8.68. The molecule has 0 spiro atoms. The molecule has 0 aromatic heterocycles. The zero-order valence-electron chi connectivity index (χ0n) is 17.4. The van der Waals surface area contributed by atoms with Crippen molar-refractivity contribution in [3.05, 3.63) is 99.4 Å². The number of anilines is 2. The van der Waals surface area contributed by atoms with E-state index in [4.69, 9.17) is 0 Å². The van der Waals surface area contributed by atoms with Gasteiger partial charge in [-0.3, -0.25) is 19.7 Å². The van der Waals surface area contributed by atoms with Crippen LogP contribution < -0.4 is 9.80 Å². The van der Waals surface area contributed by atoms with Gasteiger partial charge in [0.15, 0.2) is 0 Å². The van der Waals surface area contributed by atoms with E-state index >= 15 is 0 Å². The summed E-state index contributed by atoms with van der Waals surface area (Å²) in [4.78, 5) is 41.6. The van der Waals surface area contributed by atoms with Crippen LogP contribution >= 0.6 is 11.8 Å². The molecule has 0 N–H and O–H groups in total. The zero-order valence-corrected chi connectivity index (χ0v) is 18.2. The lowest BCUT2D eigenvalue weighted by Gasteiger charge is -2.19. The van der Waals surface area contributed by atoms with Crippen LogP contribution in [0.3, 0.4) is 0 Å². The van der Waals surface area contributed by atoms with Crippen LogP contribution in [0.25, 0.3) is 5.57 Å². The van der Waals surface area contributed by atoms with Gasteiger partial charge in [-0.1, -0.05) is 36.0 Å². The molecule has 0 atom stereocenters. The molecule has 7 nitrogen and oxygen atoms in total. The third kappa shape index (κ3) is 4.00. The molecule has 0 saturated carbocycles. The third-order valence-corrected chi connectivity index (χ3v) is 6.07. The van der Waals surface area contributed by atoms with E-state index in [9.17, 15) is 19.7 Å². The fourth-order valence-corrected chi connectivity index (χ4v) is 4.37. The molecule has 3 aromatic carbocycles. The van der Waals surface area contributed by atoms with E-state index < -0.39 is 16.7 Å².